The first-order chi connectivity index (χ1) is 14.1. The van der Waals surface area contributed by atoms with Gasteiger partial charge in [0.05, 0.1) is 22.2 Å². The fourth-order valence-corrected chi connectivity index (χ4v) is 3.67. The number of fused-ring (bicyclic) bond motifs is 2. The first-order valence-electron chi connectivity index (χ1n) is 9.33. The summed E-state index contributed by atoms with van der Waals surface area (Å²) < 4.78 is 1.57. The number of hydrogen-bond acceptors (Lipinski definition) is 3. The molecule has 5 heteroatoms. The van der Waals surface area contributed by atoms with Crippen molar-refractivity contribution in [1.82, 2.24) is 9.55 Å². The Labute approximate surface area is 167 Å². The second-order valence-electron chi connectivity index (χ2n) is 7.02. The molecular formula is C24H17N3O2. The lowest BCUT2D eigenvalue weighted by Gasteiger charge is -2.12. The molecule has 0 fully saturated rings. The van der Waals surface area contributed by atoms with E-state index in [4.69, 9.17) is 4.98 Å². The van der Waals surface area contributed by atoms with Crippen molar-refractivity contribution in [3.8, 4) is 5.69 Å². The van der Waals surface area contributed by atoms with E-state index in [1.807, 2.05) is 73.7 Å². The van der Waals surface area contributed by atoms with Gasteiger partial charge in [-0.05, 0) is 48.9 Å². The van der Waals surface area contributed by atoms with Gasteiger partial charge >= 0.3 is 0 Å². The summed E-state index contributed by atoms with van der Waals surface area (Å²) in [5.74, 6) is 0.213. The molecular weight excluding hydrogens is 362 g/mol. The standard InChI is InChI=1S/C24H17N3O2/c1-15-7-6-8-16(13-15)27-22(25-21-12-5-3-10-18(21)24(27)29)14-19-17-9-2-4-11-20(17)26-23(19)28/h2-14H,1H3,(H,26,28). The Bertz CT molecular complexity index is 1380. The van der Waals surface area contributed by atoms with Gasteiger partial charge < -0.3 is 5.32 Å². The molecule has 3 aromatic carbocycles. The zero-order chi connectivity index (χ0) is 20.0. The highest BCUT2D eigenvalue weighted by molar-refractivity contribution is 6.34. The third-order valence-corrected chi connectivity index (χ3v) is 5.05. The van der Waals surface area contributed by atoms with E-state index in [0.717, 1.165) is 16.8 Å². The van der Waals surface area contributed by atoms with Gasteiger partial charge in [0.15, 0.2) is 0 Å². The molecule has 1 aliphatic rings. The number of aromatic nitrogens is 2. The van der Waals surface area contributed by atoms with Crippen LogP contribution in [0.25, 0.3) is 28.2 Å². The van der Waals surface area contributed by atoms with Crippen LogP contribution >= 0.6 is 0 Å². The van der Waals surface area contributed by atoms with Gasteiger partial charge in [-0.2, -0.15) is 0 Å². The van der Waals surface area contributed by atoms with Crippen molar-refractivity contribution in [2.45, 2.75) is 6.92 Å². The van der Waals surface area contributed by atoms with E-state index in [1.165, 1.54) is 0 Å². The zero-order valence-corrected chi connectivity index (χ0v) is 15.7. The van der Waals surface area contributed by atoms with Crippen molar-refractivity contribution in [3.63, 3.8) is 0 Å². The van der Waals surface area contributed by atoms with Crippen molar-refractivity contribution in [3.05, 3.63) is 100 Å². The van der Waals surface area contributed by atoms with Gasteiger partial charge in [-0.3, -0.25) is 14.2 Å². The molecule has 0 unspecified atom stereocenters. The van der Waals surface area contributed by atoms with Crippen molar-refractivity contribution < 1.29 is 4.79 Å². The Morgan fingerprint density at radius 3 is 2.59 bits per heavy atom. The lowest BCUT2D eigenvalue weighted by molar-refractivity contribution is -0.110. The highest BCUT2D eigenvalue weighted by Crippen LogP contribution is 2.32. The van der Waals surface area contributed by atoms with E-state index in [9.17, 15) is 9.59 Å². The molecule has 29 heavy (non-hydrogen) atoms. The molecule has 4 aromatic rings. The van der Waals surface area contributed by atoms with E-state index in [2.05, 4.69) is 5.32 Å². The number of aryl methyl sites for hydroxylation is 1. The lowest BCUT2D eigenvalue weighted by atomic mass is 10.1. The Morgan fingerprint density at radius 1 is 0.931 bits per heavy atom. The molecule has 1 N–H and O–H groups in total. The number of amides is 1. The monoisotopic (exact) mass is 379 g/mol. The second kappa shape index (κ2) is 6.56. The van der Waals surface area contributed by atoms with Gasteiger partial charge in [-0.25, -0.2) is 4.98 Å². The van der Waals surface area contributed by atoms with Crippen LogP contribution in [0.5, 0.6) is 0 Å². The molecule has 1 aliphatic heterocycles. The average Bonchev–Trinajstić information content (AvgIpc) is 3.03. The highest BCUT2D eigenvalue weighted by Gasteiger charge is 2.24. The molecule has 0 aliphatic carbocycles. The molecule has 0 radical (unpaired) electrons. The maximum atomic E-state index is 13.4. The lowest BCUT2D eigenvalue weighted by Crippen LogP contribution is -2.22. The average molecular weight is 379 g/mol. The van der Waals surface area contributed by atoms with Crippen LogP contribution in [0.2, 0.25) is 0 Å². The Hall–Kier alpha value is -3.99. The van der Waals surface area contributed by atoms with Crippen molar-refractivity contribution in [2.75, 3.05) is 5.32 Å². The summed E-state index contributed by atoms with van der Waals surface area (Å²) in [7, 11) is 0. The third kappa shape index (κ3) is 2.84. The van der Waals surface area contributed by atoms with E-state index in [0.29, 0.717) is 28.0 Å². The molecule has 0 spiro atoms. The quantitative estimate of drug-likeness (QED) is 0.531. The van der Waals surface area contributed by atoms with E-state index in [-0.39, 0.29) is 11.5 Å². The SMILES string of the molecule is Cc1cccc(-n2c(C=C3C(=O)Nc4ccccc43)nc3ccccc3c2=O)c1. The van der Waals surface area contributed by atoms with Gasteiger partial charge in [0.1, 0.15) is 5.82 Å². The number of anilines is 1. The largest absolute Gasteiger partial charge is 0.321 e. The highest BCUT2D eigenvalue weighted by atomic mass is 16.2. The summed E-state index contributed by atoms with van der Waals surface area (Å²) >= 11 is 0. The molecule has 140 valence electrons. The van der Waals surface area contributed by atoms with Gasteiger partial charge in [-0.1, -0.05) is 42.5 Å². The number of carbonyl (C=O) groups excluding carboxylic acids is 1. The van der Waals surface area contributed by atoms with Crippen LogP contribution in [-0.2, 0) is 4.79 Å². The number of carbonyl (C=O) groups is 1. The van der Waals surface area contributed by atoms with Gasteiger partial charge in [0.2, 0.25) is 0 Å². The maximum absolute atomic E-state index is 13.4. The van der Waals surface area contributed by atoms with Crippen LogP contribution in [0.4, 0.5) is 5.69 Å². The molecule has 1 amide bonds. The normalized spacial score (nSPS) is 14.2. The summed E-state index contributed by atoms with van der Waals surface area (Å²) in [6.07, 6.45) is 1.69. The number of rotatable bonds is 2. The summed E-state index contributed by atoms with van der Waals surface area (Å²) in [6, 6.07) is 22.4. The van der Waals surface area contributed by atoms with E-state index < -0.39 is 0 Å². The summed E-state index contributed by atoms with van der Waals surface area (Å²) in [4.78, 5) is 30.7. The van der Waals surface area contributed by atoms with Gasteiger partial charge in [0, 0.05) is 11.3 Å². The fourth-order valence-electron chi connectivity index (χ4n) is 3.67. The number of hydrogen-bond donors (Lipinski definition) is 1. The van der Waals surface area contributed by atoms with Crippen LogP contribution in [0.1, 0.15) is 17.0 Å². The fraction of sp³-hybridized carbons (Fsp3) is 0.0417. The van der Waals surface area contributed by atoms with Crippen LogP contribution in [0, 0.1) is 6.92 Å². The minimum absolute atomic E-state index is 0.167. The minimum atomic E-state index is -0.204. The predicted molar refractivity (Wildman–Crippen MR) is 115 cm³/mol. The Balaban J connectivity index is 1.83. The van der Waals surface area contributed by atoms with Crippen molar-refractivity contribution >= 4 is 34.1 Å². The first-order valence-corrected chi connectivity index (χ1v) is 9.33. The number of para-hydroxylation sites is 2. The van der Waals surface area contributed by atoms with Crippen LogP contribution in [0.15, 0.2) is 77.6 Å². The van der Waals surface area contributed by atoms with Crippen LogP contribution in [-0.4, -0.2) is 15.5 Å². The second-order valence-corrected chi connectivity index (χ2v) is 7.02. The molecule has 1 aromatic heterocycles. The van der Waals surface area contributed by atoms with Crippen molar-refractivity contribution in [2.24, 2.45) is 0 Å². The Morgan fingerprint density at radius 2 is 1.72 bits per heavy atom. The first kappa shape index (κ1) is 17.1. The van der Waals surface area contributed by atoms with Gasteiger partial charge in [0.25, 0.3) is 11.5 Å². The summed E-state index contributed by atoms with van der Waals surface area (Å²) in [5, 5.41) is 3.40. The molecule has 0 saturated heterocycles. The molecule has 5 rings (SSSR count). The smallest absolute Gasteiger partial charge is 0.266 e. The topological polar surface area (TPSA) is 64.0 Å². The van der Waals surface area contributed by atoms with E-state index in [1.54, 1.807) is 16.7 Å². The van der Waals surface area contributed by atoms with Gasteiger partial charge in [-0.15, -0.1) is 0 Å². The molecule has 0 saturated carbocycles. The summed E-state index contributed by atoms with van der Waals surface area (Å²) in [6.45, 7) is 1.97. The number of nitrogens with zero attached hydrogens (tertiary/aromatic N) is 2. The predicted octanol–water partition coefficient (Wildman–Crippen LogP) is 4.19. The number of nitrogens with one attached hydrogen (secondary N) is 1. The molecule has 5 nitrogen and oxygen atoms in total. The minimum Gasteiger partial charge on any atom is -0.321 e. The maximum Gasteiger partial charge on any atom is 0.266 e. The van der Waals surface area contributed by atoms with Crippen LogP contribution in [0.3, 0.4) is 0 Å². The summed E-state index contributed by atoms with van der Waals surface area (Å²) in [5.41, 5.74) is 4.23. The Kier molecular flexibility index (Phi) is 3.88. The molecule has 2 heterocycles. The van der Waals surface area contributed by atoms with E-state index >= 15 is 0 Å². The number of benzene rings is 3. The van der Waals surface area contributed by atoms with Crippen LogP contribution < -0.4 is 10.9 Å². The van der Waals surface area contributed by atoms with Crippen molar-refractivity contribution in [1.29, 1.82) is 0 Å². The molecule has 0 bridgehead atoms. The zero-order valence-electron chi connectivity index (χ0n) is 15.7. The third-order valence-electron chi connectivity index (χ3n) is 5.05. The molecule has 0 atom stereocenters.